The molecule has 1 aliphatic rings. The summed E-state index contributed by atoms with van der Waals surface area (Å²) < 4.78 is 10.4. The predicted molar refractivity (Wildman–Crippen MR) is 66.2 cm³/mol. The van der Waals surface area contributed by atoms with E-state index in [1.165, 1.54) is 0 Å². The van der Waals surface area contributed by atoms with Crippen molar-refractivity contribution in [2.45, 2.75) is 51.9 Å². The van der Waals surface area contributed by atoms with Gasteiger partial charge >= 0.3 is 12.1 Å². The minimum absolute atomic E-state index is 0.283. The lowest BCUT2D eigenvalue weighted by Crippen LogP contribution is -2.37. The Morgan fingerprint density at radius 2 is 2.06 bits per heavy atom. The Morgan fingerprint density at radius 1 is 1.39 bits per heavy atom. The van der Waals surface area contributed by atoms with E-state index in [-0.39, 0.29) is 12.1 Å². The van der Waals surface area contributed by atoms with E-state index < -0.39 is 17.7 Å². The second kappa shape index (κ2) is 6.04. The maximum atomic E-state index is 11.8. The van der Waals surface area contributed by atoms with E-state index in [0.717, 1.165) is 0 Å². The Labute approximate surface area is 107 Å². The Bertz CT molecular complexity index is 312. The number of carbonyl (C=O) groups excluding carboxylic acids is 2. The van der Waals surface area contributed by atoms with Crippen molar-refractivity contribution in [3.05, 3.63) is 0 Å². The summed E-state index contributed by atoms with van der Waals surface area (Å²) in [6.07, 6.45) is -0.283. The van der Waals surface area contributed by atoms with Gasteiger partial charge in [0.05, 0.1) is 0 Å². The van der Waals surface area contributed by atoms with Gasteiger partial charge < -0.3 is 20.1 Å². The molecule has 2 unspecified atom stereocenters. The molecule has 0 aliphatic carbocycles. The third-order valence-corrected chi connectivity index (χ3v) is 2.38. The number of rotatable bonds is 3. The van der Waals surface area contributed by atoms with Gasteiger partial charge in [0.2, 0.25) is 0 Å². The molecule has 0 aromatic carbocycles. The molecule has 2 N–H and O–H groups in total. The molecule has 1 rings (SSSR count). The molecule has 104 valence electrons. The van der Waals surface area contributed by atoms with Gasteiger partial charge in [0.1, 0.15) is 17.7 Å². The van der Waals surface area contributed by atoms with Gasteiger partial charge in [-0.1, -0.05) is 0 Å². The summed E-state index contributed by atoms with van der Waals surface area (Å²) in [7, 11) is 0. The lowest BCUT2D eigenvalue weighted by atomic mass is 10.1. The van der Waals surface area contributed by atoms with E-state index in [1.54, 1.807) is 0 Å². The fourth-order valence-corrected chi connectivity index (χ4v) is 1.68. The number of alkyl carbamates (subject to hydrolysis) is 1. The predicted octanol–water partition coefficient (Wildman–Crippen LogP) is 0.805. The number of hydrogen-bond donors (Lipinski definition) is 2. The van der Waals surface area contributed by atoms with Gasteiger partial charge in [0.25, 0.3) is 0 Å². The van der Waals surface area contributed by atoms with Crippen LogP contribution in [0.3, 0.4) is 0 Å². The van der Waals surface area contributed by atoms with Gasteiger partial charge in [0.15, 0.2) is 0 Å². The lowest BCUT2D eigenvalue weighted by Gasteiger charge is -2.22. The Morgan fingerprint density at radius 3 is 2.61 bits per heavy atom. The Balaban J connectivity index is 2.37. The van der Waals surface area contributed by atoms with E-state index >= 15 is 0 Å². The SMILES string of the molecule is CCNC(=O)OC1CNC(C(=O)OC(C)(C)C)C1. The average Bonchev–Trinajstić information content (AvgIpc) is 2.63. The van der Waals surface area contributed by atoms with Gasteiger partial charge in [-0.25, -0.2) is 4.79 Å². The standard InChI is InChI=1S/C12H22N2O4/c1-5-13-11(16)17-8-6-9(14-7-8)10(15)18-12(2,3)4/h8-9,14H,5-7H2,1-4H3,(H,13,16). The van der Waals surface area contributed by atoms with Crippen LogP contribution in [0.2, 0.25) is 0 Å². The normalized spacial score (nSPS) is 23.6. The summed E-state index contributed by atoms with van der Waals surface area (Å²) in [6.45, 7) is 8.28. The van der Waals surface area contributed by atoms with Gasteiger partial charge in [0, 0.05) is 19.5 Å². The monoisotopic (exact) mass is 258 g/mol. The number of hydrogen-bond acceptors (Lipinski definition) is 5. The Kier molecular flexibility index (Phi) is 4.95. The highest BCUT2D eigenvalue weighted by molar-refractivity contribution is 5.77. The third-order valence-electron chi connectivity index (χ3n) is 2.38. The lowest BCUT2D eigenvalue weighted by molar-refractivity contribution is -0.157. The summed E-state index contributed by atoms with van der Waals surface area (Å²) in [4.78, 5) is 23.0. The molecular weight excluding hydrogens is 236 g/mol. The van der Waals surface area contributed by atoms with Crippen LogP contribution in [0.1, 0.15) is 34.1 Å². The summed E-state index contributed by atoms with van der Waals surface area (Å²) in [5, 5.41) is 5.55. The maximum absolute atomic E-state index is 11.8. The fraction of sp³-hybridized carbons (Fsp3) is 0.833. The molecule has 2 atom stereocenters. The number of carbonyl (C=O) groups is 2. The number of ether oxygens (including phenoxy) is 2. The van der Waals surface area contributed by atoms with Crippen LogP contribution in [0.4, 0.5) is 4.79 Å². The van der Waals surface area contributed by atoms with Crippen LogP contribution in [0.15, 0.2) is 0 Å². The van der Waals surface area contributed by atoms with E-state index in [4.69, 9.17) is 9.47 Å². The first kappa shape index (κ1) is 14.8. The minimum Gasteiger partial charge on any atom is -0.459 e. The van der Waals surface area contributed by atoms with Crippen LogP contribution in [0.25, 0.3) is 0 Å². The third kappa shape index (κ3) is 4.91. The summed E-state index contributed by atoms with van der Waals surface area (Å²) >= 11 is 0. The van der Waals surface area contributed by atoms with Crippen molar-refractivity contribution in [3.8, 4) is 0 Å². The first-order valence-corrected chi connectivity index (χ1v) is 6.22. The van der Waals surface area contributed by atoms with Crippen LogP contribution < -0.4 is 10.6 Å². The molecule has 1 fully saturated rings. The second-order valence-corrected chi connectivity index (χ2v) is 5.29. The van der Waals surface area contributed by atoms with Crippen LogP contribution in [-0.2, 0) is 14.3 Å². The highest BCUT2D eigenvalue weighted by atomic mass is 16.6. The van der Waals surface area contributed by atoms with Crippen LogP contribution >= 0.6 is 0 Å². The molecule has 1 amide bonds. The molecule has 6 nitrogen and oxygen atoms in total. The zero-order valence-electron chi connectivity index (χ0n) is 11.4. The second-order valence-electron chi connectivity index (χ2n) is 5.29. The van der Waals surface area contributed by atoms with E-state index in [0.29, 0.717) is 19.5 Å². The Hall–Kier alpha value is -1.30. The topological polar surface area (TPSA) is 76.7 Å². The smallest absolute Gasteiger partial charge is 0.407 e. The summed E-state index contributed by atoms with van der Waals surface area (Å²) in [5.41, 5.74) is -0.503. The first-order valence-electron chi connectivity index (χ1n) is 6.22. The molecule has 1 aliphatic heterocycles. The summed E-state index contributed by atoms with van der Waals surface area (Å²) in [5.74, 6) is -0.301. The molecular formula is C12H22N2O4. The fourth-order valence-electron chi connectivity index (χ4n) is 1.68. The van der Waals surface area contributed by atoms with Crippen molar-refractivity contribution in [2.24, 2.45) is 0 Å². The van der Waals surface area contributed by atoms with Crippen molar-refractivity contribution in [1.29, 1.82) is 0 Å². The van der Waals surface area contributed by atoms with Crippen molar-refractivity contribution < 1.29 is 19.1 Å². The molecule has 0 aromatic heterocycles. The molecule has 1 heterocycles. The van der Waals surface area contributed by atoms with E-state index in [9.17, 15) is 9.59 Å². The number of nitrogens with one attached hydrogen (secondary N) is 2. The van der Waals surface area contributed by atoms with Crippen LogP contribution in [-0.4, -0.2) is 42.9 Å². The molecule has 6 heteroatoms. The molecule has 0 radical (unpaired) electrons. The molecule has 0 bridgehead atoms. The summed E-state index contributed by atoms with van der Waals surface area (Å²) in [6, 6.07) is -0.399. The molecule has 0 aromatic rings. The largest absolute Gasteiger partial charge is 0.459 e. The van der Waals surface area contributed by atoms with E-state index in [2.05, 4.69) is 10.6 Å². The van der Waals surface area contributed by atoms with Gasteiger partial charge in [-0.3, -0.25) is 4.79 Å². The van der Waals surface area contributed by atoms with Gasteiger partial charge in [-0.2, -0.15) is 0 Å². The average molecular weight is 258 g/mol. The maximum Gasteiger partial charge on any atom is 0.407 e. The van der Waals surface area contributed by atoms with Crippen molar-refractivity contribution in [3.63, 3.8) is 0 Å². The quantitative estimate of drug-likeness (QED) is 0.732. The highest BCUT2D eigenvalue weighted by Gasteiger charge is 2.34. The van der Waals surface area contributed by atoms with Crippen molar-refractivity contribution in [2.75, 3.05) is 13.1 Å². The first-order chi connectivity index (χ1) is 8.31. The highest BCUT2D eigenvalue weighted by Crippen LogP contribution is 2.15. The van der Waals surface area contributed by atoms with Gasteiger partial charge in [-0.05, 0) is 27.7 Å². The van der Waals surface area contributed by atoms with Gasteiger partial charge in [-0.15, -0.1) is 0 Å². The van der Waals surface area contributed by atoms with Crippen LogP contribution in [0.5, 0.6) is 0 Å². The molecule has 0 spiro atoms. The minimum atomic E-state index is -0.503. The zero-order chi connectivity index (χ0) is 13.8. The number of amides is 1. The van der Waals surface area contributed by atoms with Crippen molar-refractivity contribution >= 4 is 12.1 Å². The van der Waals surface area contributed by atoms with Crippen LogP contribution in [0, 0.1) is 0 Å². The van der Waals surface area contributed by atoms with Crippen molar-refractivity contribution in [1.82, 2.24) is 10.6 Å². The molecule has 1 saturated heterocycles. The zero-order valence-corrected chi connectivity index (χ0v) is 11.4. The van der Waals surface area contributed by atoms with E-state index in [1.807, 2.05) is 27.7 Å². The number of esters is 1. The molecule has 18 heavy (non-hydrogen) atoms. The molecule has 0 saturated carbocycles.